The van der Waals surface area contributed by atoms with Crippen LogP contribution in [-0.2, 0) is 0 Å². The van der Waals surface area contributed by atoms with Crippen LogP contribution in [0.1, 0.15) is 10.4 Å². The number of hydrogen-bond acceptors (Lipinski definition) is 3. The molecular weight excluding hydrogens is 368 g/mol. The van der Waals surface area contributed by atoms with Crippen molar-refractivity contribution in [3.63, 3.8) is 0 Å². The molecule has 0 amide bonds. The number of hydrogen-bond donors (Lipinski definition) is 0. The Balaban J connectivity index is 1.32. The Bertz CT molecular complexity index is 915. The van der Waals surface area contributed by atoms with E-state index in [-0.39, 0.29) is 5.78 Å². The molecule has 142 valence electrons. The number of benzene rings is 3. The highest BCUT2D eigenvalue weighted by Crippen LogP contribution is 2.21. The maximum Gasteiger partial charge on any atom is 0.176 e. The van der Waals surface area contributed by atoms with Gasteiger partial charge in [0, 0.05) is 42.5 Å². The van der Waals surface area contributed by atoms with E-state index in [9.17, 15) is 4.79 Å². The number of nitrogens with zero attached hydrogens (tertiary/aromatic N) is 2. The molecule has 1 saturated heterocycles. The van der Waals surface area contributed by atoms with Crippen molar-refractivity contribution in [1.82, 2.24) is 4.90 Å². The van der Waals surface area contributed by atoms with Crippen LogP contribution in [0.15, 0.2) is 78.9 Å². The number of carbonyl (C=O) groups is 1. The summed E-state index contributed by atoms with van der Waals surface area (Å²) >= 11 is 5.97. The minimum atomic E-state index is 0.180. The van der Waals surface area contributed by atoms with Gasteiger partial charge in [-0.25, -0.2) is 0 Å². The number of piperazine rings is 1. The van der Waals surface area contributed by atoms with Gasteiger partial charge in [-0.05, 0) is 35.4 Å². The molecule has 3 aromatic rings. The highest BCUT2D eigenvalue weighted by Gasteiger charge is 2.19. The van der Waals surface area contributed by atoms with Crippen LogP contribution < -0.4 is 4.90 Å². The van der Waals surface area contributed by atoms with Crippen molar-refractivity contribution in [3.05, 3.63) is 89.4 Å². The first-order chi connectivity index (χ1) is 13.7. The largest absolute Gasteiger partial charge is 0.369 e. The van der Waals surface area contributed by atoms with Crippen molar-refractivity contribution in [1.29, 1.82) is 0 Å². The zero-order valence-corrected chi connectivity index (χ0v) is 16.5. The third-order valence-electron chi connectivity index (χ3n) is 5.25. The Morgan fingerprint density at radius 1 is 0.750 bits per heavy atom. The van der Waals surface area contributed by atoms with Gasteiger partial charge >= 0.3 is 0 Å². The van der Waals surface area contributed by atoms with Crippen molar-refractivity contribution in [3.8, 4) is 11.1 Å². The summed E-state index contributed by atoms with van der Waals surface area (Å²) in [5.74, 6) is 0.180. The van der Waals surface area contributed by atoms with Gasteiger partial charge in [-0.3, -0.25) is 9.69 Å². The lowest BCUT2D eigenvalue weighted by Crippen LogP contribution is -2.48. The van der Waals surface area contributed by atoms with Crippen molar-refractivity contribution < 1.29 is 4.79 Å². The van der Waals surface area contributed by atoms with Gasteiger partial charge in [0.2, 0.25) is 0 Å². The fourth-order valence-electron chi connectivity index (χ4n) is 3.59. The van der Waals surface area contributed by atoms with E-state index in [1.807, 2.05) is 54.6 Å². The number of halogens is 1. The van der Waals surface area contributed by atoms with Crippen LogP contribution in [0.2, 0.25) is 5.02 Å². The van der Waals surface area contributed by atoms with Crippen LogP contribution in [0, 0.1) is 0 Å². The van der Waals surface area contributed by atoms with Crippen LogP contribution in [0.3, 0.4) is 0 Å². The van der Waals surface area contributed by atoms with Crippen LogP contribution in [0.4, 0.5) is 5.69 Å². The molecule has 0 aromatic heterocycles. The van der Waals surface area contributed by atoms with Crippen molar-refractivity contribution in [2.45, 2.75) is 0 Å². The topological polar surface area (TPSA) is 23.6 Å². The van der Waals surface area contributed by atoms with E-state index in [2.05, 4.69) is 34.1 Å². The molecule has 0 N–H and O–H groups in total. The molecule has 1 aliphatic rings. The van der Waals surface area contributed by atoms with E-state index >= 15 is 0 Å². The average Bonchev–Trinajstić information content (AvgIpc) is 2.76. The summed E-state index contributed by atoms with van der Waals surface area (Å²) in [6, 6.07) is 26.1. The summed E-state index contributed by atoms with van der Waals surface area (Å²) in [5, 5.41) is 0.756. The summed E-state index contributed by atoms with van der Waals surface area (Å²) in [6.45, 7) is 4.08. The van der Waals surface area contributed by atoms with Gasteiger partial charge in [-0.15, -0.1) is 0 Å². The van der Waals surface area contributed by atoms with E-state index in [4.69, 9.17) is 11.6 Å². The minimum absolute atomic E-state index is 0.180. The molecule has 0 unspecified atom stereocenters. The Morgan fingerprint density at radius 3 is 2.00 bits per heavy atom. The zero-order valence-electron chi connectivity index (χ0n) is 15.7. The second-order valence-electron chi connectivity index (χ2n) is 7.11. The summed E-state index contributed by atoms with van der Waals surface area (Å²) in [7, 11) is 0. The standard InChI is InChI=1S/C24H23ClN2O/c25-22-10-12-23(13-11-22)27-16-14-26(15-17-27)18-24(28)21-8-6-20(7-9-21)19-4-2-1-3-5-19/h1-13H,14-18H2. The lowest BCUT2D eigenvalue weighted by molar-refractivity contribution is 0.0926. The molecule has 28 heavy (non-hydrogen) atoms. The molecule has 0 radical (unpaired) electrons. The molecule has 0 atom stereocenters. The fraction of sp³-hybridized carbons (Fsp3) is 0.208. The SMILES string of the molecule is O=C(CN1CCN(c2ccc(Cl)cc2)CC1)c1ccc(-c2ccccc2)cc1. The Kier molecular flexibility index (Phi) is 5.75. The smallest absolute Gasteiger partial charge is 0.176 e. The minimum Gasteiger partial charge on any atom is -0.369 e. The first-order valence-electron chi connectivity index (χ1n) is 9.60. The molecule has 3 aromatic carbocycles. The van der Waals surface area contributed by atoms with E-state index in [1.54, 1.807) is 0 Å². The van der Waals surface area contributed by atoms with Gasteiger partial charge in [0.05, 0.1) is 6.54 Å². The summed E-state index contributed by atoms with van der Waals surface area (Å²) < 4.78 is 0. The molecule has 0 bridgehead atoms. The molecule has 1 fully saturated rings. The summed E-state index contributed by atoms with van der Waals surface area (Å²) in [6.07, 6.45) is 0. The second kappa shape index (κ2) is 8.59. The normalized spacial score (nSPS) is 14.8. The molecule has 3 nitrogen and oxygen atoms in total. The molecule has 0 spiro atoms. The Labute approximate surface area is 171 Å². The first kappa shape index (κ1) is 18.7. The lowest BCUT2D eigenvalue weighted by atomic mass is 10.0. The van der Waals surface area contributed by atoms with Crippen LogP contribution >= 0.6 is 11.6 Å². The Morgan fingerprint density at radius 2 is 1.36 bits per heavy atom. The van der Waals surface area contributed by atoms with Crippen LogP contribution in [0.25, 0.3) is 11.1 Å². The van der Waals surface area contributed by atoms with E-state index < -0.39 is 0 Å². The monoisotopic (exact) mass is 390 g/mol. The third kappa shape index (κ3) is 4.44. The molecule has 1 heterocycles. The van der Waals surface area contributed by atoms with Gasteiger partial charge in [0.15, 0.2) is 5.78 Å². The highest BCUT2D eigenvalue weighted by atomic mass is 35.5. The number of carbonyl (C=O) groups excluding carboxylic acids is 1. The van der Waals surface area contributed by atoms with Crippen LogP contribution in [-0.4, -0.2) is 43.4 Å². The molecular formula is C24H23ClN2O. The third-order valence-corrected chi connectivity index (χ3v) is 5.50. The first-order valence-corrected chi connectivity index (χ1v) is 9.98. The van der Waals surface area contributed by atoms with Gasteiger partial charge < -0.3 is 4.90 Å². The van der Waals surface area contributed by atoms with Gasteiger partial charge in [0.25, 0.3) is 0 Å². The average molecular weight is 391 g/mol. The van der Waals surface area contributed by atoms with Gasteiger partial charge in [-0.2, -0.15) is 0 Å². The second-order valence-corrected chi connectivity index (χ2v) is 7.54. The van der Waals surface area contributed by atoms with Crippen molar-refractivity contribution >= 4 is 23.1 Å². The van der Waals surface area contributed by atoms with Crippen LogP contribution in [0.5, 0.6) is 0 Å². The molecule has 1 aliphatic heterocycles. The van der Waals surface area contributed by atoms with E-state index in [0.29, 0.717) is 6.54 Å². The summed E-state index contributed by atoms with van der Waals surface area (Å²) in [4.78, 5) is 17.3. The molecule has 4 heteroatoms. The van der Waals surface area contributed by atoms with Crippen molar-refractivity contribution in [2.24, 2.45) is 0 Å². The fourth-order valence-corrected chi connectivity index (χ4v) is 3.72. The quantitative estimate of drug-likeness (QED) is 0.572. The van der Waals surface area contributed by atoms with Crippen molar-refractivity contribution in [2.75, 3.05) is 37.6 Å². The zero-order chi connectivity index (χ0) is 19.3. The van der Waals surface area contributed by atoms with Gasteiger partial charge in [0.1, 0.15) is 0 Å². The maximum atomic E-state index is 12.7. The Hall–Kier alpha value is -2.62. The molecule has 0 saturated carbocycles. The van der Waals surface area contributed by atoms with Gasteiger partial charge in [-0.1, -0.05) is 66.2 Å². The van der Waals surface area contributed by atoms with E-state index in [0.717, 1.165) is 42.3 Å². The number of Topliss-reactive ketones (excluding diaryl/α,β-unsaturated/α-hetero) is 1. The highest BCUT2D eigenvalue weighted by molar-refractivity contribution is 6.30. The number of rotatable bonds is 5. The molecule has 0 aliphatic carbocycles. The molecule has 4 rings (SSSR count). The van der Waals surface area contributed by atoms with E-state index in [1.165, 1.54) is 11.3 Å². The number of ketones is 1. The predicted molar refractivity (Wildman–Crippen MR) is 116 cm³/mol. The predicted octanol–water partition coefficient (Wildman–Crippen LogP) is 5.01. The maximum absolute atomic E-state index is 12.7. The number of anilines is 1. The summed E-state index contributed by atoms with van der Waals surface area (Å²) in [5.41, 5.74) is 4.26. The lowest BCUT2D eigenvalue weighted by Gasteiger charge is -2.35.